The van der Waals surface area contributed by atoms with Gasteiger partial charge in [0.05, 0.1) is 23.6 Å². The Kier molecular flexibility index (Phi) is 6.23. The number of furan rings is 1. The van der Waals surface area contributed by atoms with Crippen LogP contribution in [0.4, 0.5) is 9.18 Å². The van der Waals surface area contributed by atoms with Crippen molar-refractivity contribution < 1.29 is 27.9 Å². The number of thioether (sulfide) groups is 1. The highest BCUT2D eigenvalue weighted by Gasteiger charge is 2.35. The average Bonchev–Trinajstić information content (AvgIpc) is 3.36. The normalized spacial score (nSPS) is 14.9. The number of carbonyl (C=O) groups excluding carboxylic acids is 3. The summed E-state index contributed by atoms with van der Waals surface area (Å²) in [5.41, 5.74) is 1.85. The van der Waals surface area contributed by atoms with Crippen molar-refractivity contribution in [1.82, 2.24) is 4.90 Å². The number of ether oxygens (including phenoxy) is 1. The first-order valence-electron chi connectivity index (χ1n) is 9.82. The molecule has 0 aliphatic carbocycles. The number of hydrogen-bond acceptors (Lipinski definition) is 6. The molecule has 3 aromatic rings. The first-order valence-corrected chi connectivity index (χ1v) is 10.6. The van der Waals surface area contributed by atoms with Crippen LogP contribution in [0.15, 0.2) is 70.0 Å². The Bertz CT molecular complexity index is 1200. The molecule has 2 heterocycles. The van der Waals surface area contributed by atoms with Crippen LogP contribution in [0.1, 0.15) is 28.6 Å². The van der Waals surface area contributed by atoms with Gasteiger partial charge in [-0.2, -0.15) is 0 Å². The Hall–Kier alpha value is -3.65. The molecule has 1 aliphatic rings. The molecule has 1 fully saturated rings. The predicted molar refractivity (Wildman–Crippen MR) is 118 cm³/mol. The lowest BCUT2D eigenvalue weighted by atomic mass is 10.1. The van der Waals surface area contributed by atoms with Crippen molar-refractivity contribution in [3.63, 3.8) is 0 Å². The summed E-state index contributed by atoms with van der Waals surface area (Å²) in [6, 6.07) is 15.9. The number of halogens is 1. The molecule has 8 heteroatoms. The molecule has 0 bridgehead atoms. The monoisotopic (exact) mass is 451 g/mol. The van der Waals surface area contributed by atoms with E-state index in [1.807, 2.05) is 0 Å². The summed E-state index contributed by atoms with van der Waals surface area (Å²) >= 11 is 0.827. The van der Waals surface area contributed by atoms with Gasteiger partial charge in [-0.3, -0.25) is 14.5 Å². The second kappa shape index (κ2) is 9.23. The number of benzene rings is 2. The second-order valence-corrected chi connectivity index (χ2v) is 7.89. The van der Waals surface area contributed by atoms with Crippen LogP contribution in [0.3, 0.4) is 0 Å². The zero-order valence-corrected chi connectivity index (χ0v) is 17.9. The highest BCUT2D eigenvalue weighted by Crippen LogP contribution is 2.34. The molecule has 0 N–H and O–H groups in total. The van der Waals surface area contributed by atoms with Crippen LogP contribution < -0.4 is 0 Å². The third kappa shape index (κ3) is 4.65. The number of hydrogen-bond donors (Lipinski definition) is 0. The number of esters is 1. The first kappa shape index (κ1) is 21.6. The number of rotatable bonds is 6. The average molecular weight is 451 g/mol. The van der Waals surface area contributed by atoms with Gasteiger partial charge in [0.2, 0.25) is 0 Å². The molecule has 2 amide bonds. The van der Waals surface area contributed by atoms with Gasteiger partial charge in [0.15, 0.2) is 0 Å². The minimum Gasteiger partial charge on any atom is -0.462 e. The Labute approximate surface area is 187 Å². The smallest absolute Gasteiger partial charge is 0.338 e. The van der Waals surface area contributed by atoms with Crippen molar-refractivity contribution in [3.05, 3.63) is 88.3 Å². The van der Waals surface area contributed by atoms with E-state index in [2.05, 4.69) is 0 Å². The van der Waals surface area contributed by atoms with E-state index < -0.39 is 17.1 Å². The number of imide groups is 1. The second-order valence-electron chi connectivity index (χ2n) is 6.89. The van der Waals surface area contributed by atoms with Crippen LogP contribution >= 0.6 is 11.8 Å². The lowest BCUT2D eigenvalue weighted by Gasteiger charge is -2.12. The molecule has 2 aromatic carbocycles. The van der Waals surface area contributed by atoms with E-state index in [1.54, 1.807) is 43.3 Å². The van der Waals surface area contributed by atoms with Crippen LogP contribution in [-0.2, 0) is 16.1 Å². The molecule has 4 rings (SSSR count). The van der Waals surface area contributed by atoms with Gasteiger partial charge in [-0.05, 0) is 60.6 Å². The van der Waals surface area contributed by atoms with Gasteiger partial charge in [0.1, 0.15) is 17.3 Å². The molecule has 0 saturated carbocycles. The highest BCUT2D eigenvalue weighted by atomic mass is 32.2. The molecular formula is C24H18FNO5S. The maximum atomic E-state index is 13.1. The summed E-state index contributed by atoms with van der Waals surface area (Å²) in [6.07, 6.45) is 1.52. The van der Waals surface area contributed by atoms with Gasteiger partial charge in [-0.25, -0.2) is 9.18 Å². The topological polar surface area (TPSA) is 76.8 Å². The maximum absolute atomic E-state index is 13.1. The minimum absolute atomic E-state index is 0.0680. The van der Waals surface area contributed by atoms with Crippen molar-refractivity contribution in [3.8, 4) is 11.3 Å². The third-order valence-corrected chi connectivity index (χ3v) is 5.62. The first-order chi connectivity index (χ1) is 15.4. The highest BCUT2D eigenvalue weighted by molar-refractivity contribution is 8.18. The Morgan fingerprint density at radius 2 is 1.78 bits per heavy atom. The van der Waals surface area contributed by atoms with E-state index >= 15 is 0 Å². The van der Waals surface area contributed by atoms with Gasteiger partial charge in [-0.1, -0.05) is 24.3 Å². The van der Waals surface area contributed by atoms with Crippen molar-refractivity contribution >= 4 is 35.0 Å². The fraction of sp³-hybridized carbons (Fsp3) is 0.125. The minimum atomic E-state index is -0.430. The van der Waals surface area contributed by atoms with Crippen LogP contribution in [0.2, 0.25) is 0 Å². The van der Waals surface area contributed by atoms with Crippen molar-refractivity contribution in [1.29, 1.82) is 0 Å². The van der Waals surface area contributed by atoms with E-state index in [-0.39, 0.29) is 17.3 Å². The fourth-order valence-corrected chi connectivity index (χ4v) is 3.93. The largest absolute Gasteiger partial charge is 0.462 e. The molecule has 1 aliphatic heterocycles. The lowest BCUT2D eigenvalue weighted by molar-refractivity contribution is -0.123. The molecule has 6 nitrogen and oxygen atoms in total. The van der Waals surface area contributed by atoms with Crippen LogP contribution in [-0.4, -0.2) is 28.6 Å². The third-order valence-electron chi connectivity index (χ3n) is 4.71. The van der Waals surface area contributed by atoms with Crippen molar-refractivity contribution in [2.24, 2.45) is 0 Å². The molecule has 1 saturated heterocycles. The number of nitrogens with zero attached hydrogens (tertiary/aromatic N) is 1. The maximum Gasteiger partial charge on any atom is 0.338 e. The van der Waals surface area contributed by atoms with Crippen molar-refractivity contribution in [2.75, 3.05) is 6.61 Å². The molecule has 0 atom stereocenters. The van der Waals surface area contributed by atoms with Gasteiger partial charge in [0.25, 0.3) is 11.1 Å². The SMILES string of the molecule is CCOC(=O)c1ccc(-c2ccc(/C=C3\SC(=O)N(Cc4ccc(F)cc4)C3=O)o2)cc1. The Morgan fingerprint density at radius 1 is 1.06 bits per heavy atom. The van der Waals surface area contributed by atoms with Crippen molar-refractivity contribution in [2.45, 2.75) is 13.5 Å². The fourth-order valence-electron chi connectivity index (χ4n) is 3.11. The molecule has 0 radical (unpaired) electrons. The van der Waals surface area contributed by atoms with Crippen LogP contribution in [0.5, 0.6) is 0 Å². The molecule has 1 aromatic heterocycles. The van der Waals surface area contributed by atoms with E-state index in [0.717, 1.165) is 22.2 Å². The summed E-state index contributed by atoms with van der Waals surface area (Å²) in [6.45, 7) is 2.12. The number of amides is 2. The van der Waals surface area contributed by atoms with E-state index in [1.165, 1.54) is 30.3 Å². The zero-order valence-electron chi connectivity index (χ0n) is 17.0. The number of carbonyl (C=O) groups is 3. The van der Waals surface area contributed by atoms with Gasteiger partial charge < -0.3 is 9.15 Å². The van der Waals surface area contributed by atoms with Gasteiger partial charge in [0, 0.05) is 11.6 Å². The van der Waals surface area contributed by atoms with Crippen LogP contribution in [0.25, 0.3) is 17.4 Å². The van der Waals surface area contributed by atoms with Gasteiger partial charge in [-0.15, -0.1) is 0 Å². The molecule has 0 spiro atoms. The lowest BCUT2D eigenvalue weighted by Crippen LogP contribution is -2.27. The van der Waals surface area contributed by atoms with Crippen LogP contribution in [0, 0.1) is 5.82 Å². The Morgan fingerprint density at radius 3 is 2.47 bits per heavy atom. The molecular weight excluding hydrogens is 433 g/mol. The summed E-state index contributed by atoms with van der Waals surface area (Å²) in [5.74, 6) is -0.234. The summed E-state index contributed by atoms with van der Waals surface area (Å²) in [5, 5.41) is -0.396. The van der Waals surface area contributed by atoms with E-state index in [0.29, 0.717) is 29.3 Å². The zero-order chi connectivity index (χ0) is 22.7. The van der Waals surface area contributed by atoms with Gasteiger partial charge >= 0.3 is 5.97 Å². The summed E-state index contributed by atoms with van der Waals surface area (Å²) in [4.78, 5) is 38.1. The van der Waals surface area contributed by atoms with E-state index in [4.69, 9.17) is 9.15 Å². The molecule has 32 heavy (non-hydrogen) atoms. The predicted octanol–water partition coefficient (Wildman–Crippen LogP) is 5.50. The molecule has 162 valence electrons. The van der Waals surface area contributed by atoms with E-state index in [9.17, 15) is 18.8 Å². The summed E-state index contributed by atoms with van der Waals surface area (Å²) in [7, 11) is 0. The quantitative estimate of drug-likeness (QED) is 0.364. The Balaban J connectivity index is 1.48. The molecule has 0 unspecified atom stereocenters. The standard InChI is InChI=1S/C24H18FNO5S/c1-2-30-23(28)17-7-5-16(6-8-17)20-12-11-19(31-20)13-21-22(27)26(24(29)32-21)14-15-3-9-18(25)10-4-15/h3-13H,2,14H2,1H3/b21-13-. The summed E-state index contributed by atoms with van der Waals surface area (Å²) < 4.78 is 23.8.